The number of hydrogen-bond donors (Lipinski definition) is 1. The molecule has 1 aliphatic heterocycles. The number of likely N-dealkylation sites (tertiary alicyclic amines) is 1. The molecular weight excluding hydrogens is 126 g/mol. The van der Waals surface area contributed by atoms with E-state index < -0.39 is 0 Å². The minimum Gasteiger partial charge on any atom is -0.395 e. The summed E-state index contributed by atoms with van der Waals surface area (Å²) >= 11 is 0. The van der Waals surface area contributed by atoms with E-state index in [2.05, 4.69) is 18.7 Å². The van der Waals surface area contributed by atoms with Crippen LogP contribution in [-0.2, 0) is 0 Å². The second-order valence-corrected chi connectivity index (χ2v) is 3.31. The minimum absolute atomic E-state index is 0.332. The Morgan fingerprint density at radius 1 is 1.60 bits per heavy atom. The van der Waals surface area contributed by atoms with Gasteiger partial charge in [0, 0.05) is 12.1 Å². The van der Waals surface area contributed by atoms with Gasteiger partial charge >= 0.3 is 0 Å². The van der Waals surface area contributed by atoms with Crippen molar-refractivity contribution in [2.45, 2.75) is 38.8 Å². The van der Waals surface area contributed by atoms with E-state index in [0.717, 1.165) is 0 Å². The summed E-state index contributed by atoms with van der Waals surface area (Å²) in [5.74, 6) is 0. The highest BCUT2D eigenvalue weighted by Gasteiger charge is 2.25. The molecule has 1 fully saturated rings. The Kier molecular flexibility index (Phi) is 2.69. The van der Waals surface area contributed by atoms with Gasteiger partial charge in [0.2, 0.25) is 0 Å². The first-order valence-corrected chi connectivity index (χ1v) is 4.12. The third-order valence-corrected chi connectivity index (χ3v) is 2.30. The fourth-order valence-electron chi connectivity index (χ4n) is 1.73. The van der Waals surface area contributed by atoms with E-state index in [-0.39, 0.29) is 0 Å². The molecule has 0 saturated carbocycles. The Hall–Kier alpha value is -0.0800. The zero-order valence-electron chi connectivity index (χ0n) is 6.88. The van der Waals surface area contributed by atoms with Crippen molar-refractivity contribution in [1.82, 2.24) is 4.90 Å². The van der Waals surface area contributed by atoms with Crippen molar-refractivity contribution < 1.29 is 5.11 Å². The third-order valence-electron chi connectivity index (χ3n) is 2.30. The summed E-state index contributed by atoms with van der Waals surface area (Å²) in [6, 6.07) is 1.04. The van der Waals surface area contributed by atoms with Gasteiger partial charge in [0.05, 0.1) is 6.61 Å². The zero-order chi connectivity index (χ0) is 7.56. The molecule has 0 unspecified atom stereocenters. The van der Waals surface area contributed by atoms with Crippen LogP contribution in [0.4, 0.5) is 0 Å². The van der Waals surface area contributed by atoms with Crippen LogP contribution in [0.25, 0.3) is 0 Å². The van der Waals surface area contributed by atoms with Gasteiger partial charge in [-0.1, -0.05) is 0 Å². The molecule has 0 bridgehead atoms. The van der Waals surface area contributed by atoms with Gasteiger partial charge in [0.1, 0.15) is 0 Å². The fraction of sp³-hybridized carbons (Fsp3) is 1.00. The first-order valence-electron chi connectivity index (χ1n) is 4.12. The summed E-state index contributed by atoms with van der Waals surface area (Å²) in [5.41, 5.74) is 0. The molecule has 2 nitrogen and oxygen atoms in total. The van der Waals surface area contributed by atoms with Crippen LogP contribution in [0.2, 0.25) is 0 Å². The SMILES string of the molecule is CC(C)N1CCC[C@@H]1CO. The summed E-state index contributed by atoms with van der Waals surface area (Å²) in [5, 5.41) is 8.94. The van der Waals surface area contributed by atoms with Crippen molar-refractivity contribution in [2.75, 3.05) is 13.2 Å². The molecule has 1 N–H and O–H groups in total. The highest BCUT2D eigenvalue weighted by molar-refractivity contribution is 4.80. The fourth-order valence-corrected chi connectivity index (χ4v) is 1.73. The third kappa shape index (κ3) is 1.50. The number of aliphatic hydroxyl groups excluding tert-OH is 1. The van der Waals surface area contributed by atoms with Crippen LogP contribution in [0, 0.1) is 0 Å². The summed E-state index contributed by atoms with van der Waals surface area (Å²) < 4.78 is 0. The van der Waals surface area contributed by atoms with Crippen LogP contribution in [0.5, 0.6) is 0 Å². The predicted octanol–water partition coefficient (Wildman–Crippen LogP) is 0.852. The Bertz CT molecular complexity index is 103. The van der Waals surface area contributed by atoms with E-state index in [9.17, 15) is 0 Å². The molecule has 0 amide bonds. The Labute approximate surface area is 62.8 Å². The Morgan fingerprint density at radius 2 is 2.30 bits per heavy atom. The number of hydrogen-bond acceptors (Lipinski definition) is 2. The van der Waals surface area contributed by atoms with E-state index in [1.807, 2.05) is 0 Å². The molecule has 0 aromatic rings. The van der Waals surface area contributed by atoms with Gasteiger partial charge in [0.15, 0.2) is 0 Å². The standard InChI is InChI=1S/C8H17NO/c1-7(2)9-5-3-4-8(9)6-10/h7-8,10H,3-6H2,1-2H3/t8-/m1/s1. The molecule has 0 aromatic heterocycles. The van der Waals surface area contributed by atoms with E-state index in [1.54, 1.807) is 0 Å². The molecule has 1 heterocycles. The van der Waals surface area contributed by atoms with Crippen LogP contribution >= 0.6 is 0 Å². The Balaban J connectivity index is 2.42. The lowest BCUT2D eigenvalue weighted by Gasteiger charge is -2.26. The lowest BCUT2D eigenvalue weighted by atomic mass is 10.2. The summed E-state index contributed by atoms with van der Waals surface area (Å²) in [7, 11) is 0. The maximum absolute atomic E-state index is 8.94. The molecule has 1 saturated heterocycles. The van der Waals surface area contributed by atoms with Crippen molar-refractivity contribution in [1.29, 1.82) is 0 Å². The number of aliphatic hydroxyl groups is 1. The van der Waals surface area contributed by atoms with E-state index in [4.69, 9.17) is 5.11 Å². The molecular formula is C8H17NO. The maximum Gasteiger partial charge on any atom is 0.0586 e. The van der Waals surface area contributed by atoms with Gasteiger partial charge in [-0.2, -0.15) is 0 Å². The first kappa shape index (κ1) is 8.02. The van der Waals surface area contributed by atoms with Crippen molar-refractivity contribution in [3.8, 4) is 0 Å². The molecule has 1 rings (SSSR count). The van der Waals surface area contributed by atoms with Gasteiger partial charge in [-0.05, 0) is 33.2 Å². The normalized spacial score (nSPS) is 28.2. The molecule has 2 heteroatoms. The zero-order valence-corrected chi connectivity index (χ0v) is 6.88. The largest absolute Gasteiger partial charge is 0.395 e. The summed E-state index contributed by atoms with van der Waals surface area (Å²) in [6.07, 6.45) is 2.43. The van der Waals surface area contributed by atoms with Crippen LogP contribution in [0.1, 0.15) is 26.7 Å². The van der Waals surface area contributed by atoms with Gasteiger partial charge in [-0.15, -0.1) is 0 Å². The molecule has 1 aliphatic rings. The molecule has 0 aliphatic carbocycles. The van der Waals surface area contributed by atoms with Crippen LogP contribution < -0.4 is 0 Å². The number of nitrogens with zero attached hydrogens (tertiary/aromatic N) is 1. The predicted molar refractivity (Wildman–Crippen MR) is 41.9 cm³/mol. The molecule has 1 atom stereocenters. The smallest absolute Gasteiger partial charge is 0.0586 e. The lowest BCUT2D eigenvalue weighted by Crippen LogP contribution is -2.37. The van der Waals surface area contributed by atoms with Crippen molar-refractivity contribution in [3.63, 3.8) is 0 Å². The first-order chi connectivity index (χ1) is 4.75. The topological polar surface area (TPSA) is 23.5 Å². The van der Waals surface area contributed by atoms with E-state index >= 15 is 0 Å². The number of rotatable bonds is 2. The maximum atomic E-state index is 8.94. The van der Waals surface area contributed by atoms with Crippen LogP contribution in [-0.4, -0.2) is 35.2 Å². The van der Waals surface area contributed by atoms with E-state index in [1.165, 1.54) is 19.4 Å². The van der Waals surface area contributed by atoms with Crippen molar-refractivity contribution >= 4 is 0 Å². The summed E-state index contributed by atoms with van der Waals surface area (Å²) in [4.78, 5) is 2.38. The molecule has 0 aromatic carbocycles. The van der Waals surface area contributed by atoms with Gasteiger partial charge in [0.25, 0.3) is 0 Å². The lowest BCUT2D eigenvalue weighted by molar-refractivity contribution is 0.133. The molecule has 0 radical (unpaired) electrons. The molecule has 10 heavy (non-hydrogen) atoms. The summed E-state index contributed by atoms with van der Waals surface area (Å²) in [6.45, 7) is 5.88. The average molecular weight is 143 g/mol. The highest BCUT2D eigenvalue weighted by Crippen LogP contribution is 2.18. The quantitative estimate of drug-likeness (QED) is 0.619. The molecule has 0 spiro atoms. The van der Waals surface area contributed by atoms with Crippen molar-refractivity contribution in [3.05, 3.63) is 0 Å². The van der Waals surface area contributed by atoms with Gasteiger partial charge in [-0.3, -0.25) is 4.90 Å². The van der Waals surface area contributed by atoms with Gasteiger partial charge < -0.3 is 5.11 Å². The van der Waals surface area contributed by atoms with Crippen molar-refractivity contribution in [2.24, 2.45) is 0 Å². The average Bonchev–Trinajstić information content (AvgIpc) is 2.33. The molecule has 60 valence electrons. The van der Waals surface area contributed by atoms with Crippen LogP contribution in [0.15, 0.2) is 0 Å². The second kappa shape index (κ2) is 3.35. The second-order valence-electron chi connectivity index (χ2n) is 3.31. The van der Waals surface area contributed by atoms with Gasteiger partial charge in [-0.25, -0.2) is 0 Å². The highest BCUT2D eigenvalue weighted by atomic mass is 16.3. The Morgan fingerprint density at radius 3 is 2.70 bits per heavy atom. The van der Waals surface area contributed by atoms with Crippen LogP contribution in [0.3, 0.4) is 0 Å². The van der Waals surface area contributed by atoms with E-state index in [0.29, 0.717) is 18.7 Å². The monoisotopic (exact) mass is 143 g/mol. The minimum atomic E-state index is 0.332.